The average Bonchev–Trinajstić information content (AvgIpc) is 3.31. The average molecular weight is 532 g/mol. The minimum absolute atomic E-state index is 0.0717. The number of rotatable bonds is 11. The highest BCUT2D eigenvalue weighted by Crippen LogP contribution is 2.32. The van der Waals surface area contributed by atoms with Crippen LogP contribution in [0.3, 0.4) is 0 Å². The molecule has 0 unspecified atom stereocenters. The summed E-state index contributed by atoms with van der Waals surface area (Å²) in [6.07, 6.45) is 2.84. The summed E-state index contributed by atoms with van der Waals surface area (Å²) < 4.78 is 11.0. The van der Waals surface area contributed by atoms with Crippen molar-refractivity contribution < 1.29 is 19.1 Å². The number of carbonyl (C=O) groups is 2. The lowest BCUT2D eigenvalue weighted by molar-refractivity contribution is -0.158. The number of nitrogens with zero attached hydrogens (tertiary/aromatic N) is 1. The van der Waals surface area contributed by atoms with Crippen molar-refractivity contribution in [2.45, 2.75) is 44.2 Å². The van der Waals surface area contributed by atoms with E-state index in [9.17, 15) is 9.59 Å². The summed E-state index contributed by atoms with van der Waals surface area (Å²) in [5.41, 5.74) is 2.12. The van der Waals surface area contributed by atoms with E-state index in [1.807, 2.05) is 60.9 Å². The van der Waals surface area contributed by atoms with E-state index in [1.165, 1.54) is 5.56 Å². The van der Waals surface area contributed by atoms with Gasteiger partial charge in [0.25, 0.3) is 0 Å². The molecular weight excluding hydrogens is 494 g/mol. The number of likely N-dealkylation sites (tertiary alicyclic amines) is 1. The SMILES string of the molecule is CCOC(=O)C(C)(C)Oc1ccc(C[C@H]2CN(Cc3ccccc3)C[C@@H]2C(=O)c2ccc(SC)cc2)cc1. The van der Waals surface area contributed by atoms with Crippen LogP contribution in [-0.4, -0.2) is 48.2 Å². The Morgan fingerprint density at radius 3 is 2.24 bits per heavy atom. The van der Waals surface area contributed by atoms with Crippen molar-refractivity contribution in [1.29, 1.82) is 0 Å². The van der Waals surface area contributed by atoms with Crippen LogP contribution >= 0.6 is 11.8 Å². The van der Waals surface area contributed by atoms with E-state index in [4.69, 9.17) is 9.47 Å². The Hall–Kier alpha value is -3.09. The van der Waals surface area contributed by atoms with Crippen molar-refractivity contribution in [2.75, 3.05) is 26.0 Å². The molecule has 1 aliphatic heterocycles. The highest BCUT2D eigenvalue weighted by Gasteiger charge is 2.38. The van der Waals surface area contributed by atoms with Gasteiger partial charge < -0.3 is 9.47 Å². The zero-order valence-corrected chi connectivity index (χ0v) is 23.5. The smallest absolute Gasteiger partial charge is 0.349 e. The summed E-state index contributed by atoms with van der Waals surface area (Å²) >= 11 is 1.68. The van der Waals surface area contributed by atoms with Gasteiger partial charge in [-0.3, -0.25) is 9.69 Å². The van der Waals surface area contributed by atoms with E-state index in [0.29, 0.717) is 12.4 Å². The lowest BCUT2D eigenvalue weighted by Crippen LogP contribution is -2.39. The van der Waals surface area contributed by atoms with Crippen LogP contribution in [0.25, 0.3) is 0 Å². The summed E-state index contributed by atoms with van der Waals surface area (Å²) in [6, 6.07) is 26.3. The molecule has 0 aliphatic carbocycles. The number of ketones is 1. The molecule has 4 rings (SSSR count). The van der Waals surface area contributed by atoms with Crippen molar-refractivity contribution in [3.05, 3.63) is 95.6 Å². The van der Waals surface area contributed by atoms with E-state index >= 15 is 0 Å². The highest BCUT2D eigenvalue weighted by molar-refractivity contribution is 7.98. The Morgan fingerprint density at radius 2 is 1.61 bits per heavy atom. The number of Topliss-reactive ketones (excluding diaryl/α,β-unsaturated/α-hetero) is 1. The molecule has 5 nitrogen and oxygen atoms in total. The van der Waals surface area contributed by atoms with Crippen molar-refractivity contribution in [3.63, 3.8) is 0 Å². The first-order chi connectivity index (χ1) is 18.3. The minimum Gasteiger partial charge on any atom is -0.476 e. The lowest BCUT2D eigenvalue weighted by Gasteiger charge is -2.24. The molecule has 2 atom stereocenters. The maximum absolute atomic E-state index is 13.7. The number of thioether (sulfide) groups is 1. The molecule has 0 amide bonds. The first kappa shape index (κ1) is 27.9. The van der Waals surface area contributed by atoms with E-state index in [1.54, 1.807) is 32.5 Å². The Kier molecular flexibility index (Phi) is 9.29. The molecule has 3 aromatic carbocycles. The molecule has 38 heavy (non-hydrogen) atoms. The normalized spacial score (nSPS) is 17.8. The molecule has 3 aromatic rings. The van der Waals surface area contributed by atoms with Crippen LogP contribution < -0.4 is 4.74 Å². The van der Waals surface area contributed by atoms with Crippen molar-refractivity contribution >= 4 is 23.5 Å². The summed E-state index contributed by atoms with van der Waals surface area (Å²) in [5.74, 6) is 0.576. The van der Waals surface area contributed by atoms with Crippen molar-refractivity contribution in [1.82, 2.24) is 4.90 Å². The molecule has 1 fully saturated rings. The fourth-order valence-corrected chi connectivity index (χ4v) is 5.45. The van der Waals surface area contributed by atoms with Gasteiger partial charge >= 0.3 is 5.97 Å². The van der Waals surface area contributed by atoms with Gasteiger partial charge in [-0.1, -0.05) is 54.6 Å². The first-order valence-electron chi connectivity index (χ1n) is 13.2. The standard InChI is InChI=1S/C32H37NO4S/c1-5-36-31(35)32(2,3)37-27-15-11-23(12-16-27)19-26-21-33(20-24-9-7-6-8-10-24)22-29(26)30(34)25-13-17-28(38-4)18-14-25/h6-18,26,29H,5,19-22H2,1-4H3/t26-,29-/m0/s1. The molecule has 200 valence electrons. The summed E-state index contributed by atoms with van der Waals surface area (Å²) in [5, 5.41) is 0. The second-order valence-electron chi connectivity index (χ2n) is 10.3. The van der Waals surface area contributed by atoms with Crippen LogP contribution in [0.2, 0.25) is 0 Å². The van der Waals surface area contributed by atoms with Crippen molar-refractivity contribution in [3.8, 4) is 5.75 Å². The predicted molar refractivity (Wildman–Crippen MR) is 153 cm³/mol. The third kappa shape index (κ3) is 7.06. The highest BCUT2D eigenvalue weighted by atomic mass is 32.2. The number of carbonyl (C=O) groups excluding carboxylic acids is 2. The zero-order chi connectivity index (χ0) is 27.1. The third-order valence-electron chi connectivity index (χ3n) is 7.04. The topological polar surface area (TPSA) is 55.8 Å². The zero-order valence-electron chi connectivity index (χ0n) is 22.7. The number of ether oxygens (including phenoxy) is 2. The number of esters is 1. The van der Waals surface area contributed by atoms with E-state index in [-0.39, 0.29) is 23.6 Å². The van der Waals surface area contributed by atoms with Crippen molar-refractivity contribution in [2.24, 2.45) is 11.8 Å². The molecule has 0 radical (unpaired) electrons. The molecule has 6 heteroatoms. The van der Waals surface area contributed by atoms with Crippen LogP contribution in [0.15, 0.2) is 83.8 Å². The molecule has 1 aliphatic rings. The van der Waals surface area contributed by atoms with Crippen LogP contribution in [0, 0.1) is 11.8 Å². The first-order valence-corrected chi connectivity index (χ1v) is 14.4. The van der Waals surface area contributed by atoms with Gasteiger partial charge in [0.05, 0.1) is 6.61 Å². The van der Waals surface area contributed by atoms with Crippen LogP contribution in [0.1, 0.15) is 42.3 Å². The molecule has 0 bridgehead atoms. The van der Waals surface area contributed by atoms with Gasteiger partial charge in [0.2, 0.25) is 0 Å². The van der Waals surface area contributed by atoms with E-state index in [0.717, 1.165) is 42.1 Å². The summed E-state index contributed by atoms with van der Waals surface area (Å²) in [6.45, 7) is 7.96. The quantitative estimate of drug-likeness (QED) is 0.164. The number of hydrogen-bond acceptors (Lipinski definition) is 6. The van der Waals surface area contributed by atoms with E-state index < -0.39 is 5.60 Å². The van der Waals surface area contributed by atoms with E-state index in [2.05, 4.69) is 29.2 Å². The Morgan fingerprint density at radius 1 is 0.921 bits per heavy atom. The Bertz CT molecular complexity index is 1210. The van der Waals surface area contributed by atoms with Crippen LogP contribution in [-0.2, 0) is 22.5 Å². The van der Waals surface area contributed by atoms with Crippen LogP contribution in [0.5, 0.6) is 5.75 Å². The Labute approximate surface area is 230 Å². The molecule has 1 saturated heterocycles. The molecule has 0 saturated carbocycles. The van der Waals surface area contributed by atoms with Gasteiger partial charge in [-0.25, -0.2) is 4.79 Å². The fraction of sp³-hybridized carbons (Fsp3) is 0.375. The maximum Gasteiger partial charge on any atom is 0.349 e. The third-order valence-corrected chi connectivity index (χ3v) is 7.78. The van der Waals surface area contributed by atoms with Gasteiger partial charge in [0, 0.05) is 36.0 Å². The molecular formula is C32H37NO4S. The molecule has 0 aromatic heterocycles. The second-order valence-corrected chi connectivity index (χ2v) is 11.2. The molecule has 0 spiro atoms. The lowest BCUT2D eigenvalue weighted by atomic mass is 9.84. The number of benzene rings is 3. The van der Waals surface area contributed by atoms with Gasteiger partial charge in [0.1, 0.15) is 5.75 Å². The fourth-order valence-electron chi connectivity index (χ4n) is 5.04. The van der Waals surface area contributed by atoms with Gasteiger partial charge in [-0.2, -0.15) is 0 Å². The second kappa shape index (κ2) is 12.6. The maximum atomic E-state index is 13.7. The molecule has 0 N–H and O–H groups in total. The monoisotopic (exact) mass is 531 g/mol. The number of hydrogen-bond donors (Lipinski definition) is 0. The predicted octanol–water partition coefficient (Wildman–Crippen LogP) is 6.30. The van der Waals surface area contributed by atoms with Crippen LogP contribution in [0.4, 0.5) is 0 Å². The summed E-state index contributed by atoms with van der Waals surface area (Å²) in [4.78, 5) is 29.4. The van der Waals surface area contributed by atoms with Gasteiger partial charge in [0.15, 0.2) is 11.4 Å². The van der Waals surface area contributed by atoms with Gasteiger partial charge in [-0.05, 0) is 74.8 Å². The van der Waals surface area contributed by atoms with Gasteiger partial charge in [-0.15, -0.1) is 11.8 Å². The Balaban J connectivity index is 1.49. The summed E-state index contributed by atoms with van der Waals surface area (Å²) in [7, 11) is 0. The largest absolute Gasteiger partial charge is 0.476 e. The molecule has 1 heterocycles. The minimum atomic E-state index is -1.07.